The third-order valence-electron chi connectivity index (χ3n) is 9.36. The molecule has 3 N–H and O–H groups in total. The summed E-state index contributed by atoms with van der Waals surface area (Å²) in [6.45, 7) is 7.42. The molecule has 8 atom stereocenters. The van der Waals surface area contributed by atoms with Crippen LogP contribution < -0.4 is 10.1 Å². The summed E-state index contributed by atoms with van der Waals surface area (Å²) in [7, 11) is 0. The molecule has 1 aromatic carbocycles. The van der Waals surface area contributed by atoms with Crippen LogP contribution in [0.4, 0.5) is 0 Å². The average Bonchev–Trinajstić information content (AvgIpc) is 3.62. The first-order valence-corrected chi connectivity index (χ1v) is 15.4. The summed E-state index contributed by atoms with van der Waals surface area (Å²) in [4.78, 5) is 29.0. The number of nitrogens with zero attached hydrogens (tertiary/aromatic N) is 1. The molecule has 2 aliphatic heterocycles. The molecular formula is C32H46N2O7. The molecule has 2 amide bonds. The quantitative estimate of drug-likeness (QED) is 0.396. The molecule has 2 aliphatic carbocycles. The van der Waals surface area contributed by atoms with Gasteiger partial charge in [-0.2, -0.15) is 0 Å². The first kappa shape index (κ1) is 30.0. The molecule has 226 valence electrons. The van der Waals surface area contributed by atoms with Gasteiger partial charge in [0, 0.05) is 30.8 Å². The summed E-state index contributed by atoms with van der Waals surface area (Å²) in [6, 6.07) is 6.67. The van der Waals surface area contributed by atoms with Crippen molar-refractivity contribution in [1.29, 1.82) is 0 Å². The summed E-state index contributed by atoms with van der Waals surface area (Å²) in [5.74, 6) is 0.977. The van der Waals surface area contributed by atoms with Gasteiger partial charge in [-0.1, -0.05) is 45.4 Å². The Labute approximate surface area is 243 Å². The number of amides is 2. The van der Waals surface area contributed by atoms with Crippen LogP contribution in [0.25, 0.3) is 0 Å². The van der Waals surface area contributed by atoms with Gasteiger partial charge in [0.05, 0.1) is 30.8 Å². The van der Waals surface area contributed by atoms with E-state index >= 15 is 0 Å². The van der Waals surface area contributed by atoms with Gasteiger partial charge >= 0.3 is 0 Å². The van der Waals surface area contributed by atoms with E-state index in [1.54, 1.807) is 11.0 Å². The first-order valence-electron chi connectivity index (χ1n) is 15.4. The molecule has 2 fully saturated rings. The molecule has 0 spiro atoms. The van der Waals surface area contributed by atoms with Gasteiger partial charge < -0.3 is 34.6 Å². The monoisotopic (exact) mass is 570 g/mol. The fourth-order valence-electron chi connectivity index (χ4n) is 7.16. The number of aliphatic hydroxyl groups is 2. The molecule has 4 aliphatic rings. The van der Waals surface area contributed by atoms with E-state index in [4.69, 9.17) is 14.2 Å². The SMILES string of the molecule is CC(C)[C@H]1CC[C@H](C)C[C@@H]1OCC(=O)N(C[C@@H]1CCCO1)[C@@H]1C=C(C(=O)NCCO)[C@@H]2c3ccccc3O[C@@H]2[C@H]1O. The van der Waals surface area contributed by atoms with Crippen molar-refractivity contribution in [3.63, 3.8) is 0 Å². The maximum absolute atomic E-state index is 14.0. The van der Waals surface area contributed by atoms with Crippen molar-refractivity contribution in [1.82, 2.24) is 10.2 Å². The minimum absolute atomic E-state index is 0.0102. The van der Waals surface area contributed by atoms with Crippen molar-refractivity contribution >= 4 is 11.8 Å². The lowest BCUT2D eigenvalue weighted by molar-refractivity contribution is -0.149. The Morgan fingerprint density at radius 3 is 2.73 bits per heavy atom. The van der Waals surface area contributed by atoms with Crippen LogP contribution in [0.2, 0.25) is 0 Å². The Kier molecular flexibility index (Phi) is 9.69. The fourth-order valence-corrected chi connectivity index (χ4v) is 7.16. The van der Waals surface area contributed by atoms with E-state index in [1.165, 1.54) is 6.42 Å². The minimum Gasteiger partial charge on any atom is -0.486 e. The number of fused-ring (bicyclic) bond motifs is 3. The van der Waals surface area contributed by atoms with Crippen LogP contribution in [-0.4, -0.2) is 90.3 Å². The van der Waals surface area contributed by atoms with Crippen LogP contribution in [0.3, 0.4) is 0 Å². The maximum Gasteiger partial charge on any atom is 0.249 e. The third-order valence-corrected chi connectivity index (χ3v) is 9.36. The normalized spacial score (nSPS) is 32.6. The smallest absolute Gasteiger partial charge is 0.249 e. The van der Waals surface area contributed by atoms with E-state index in [0.717, 1.165) is 31.2 Å². The lowest BCUT2D eigenvalue weighted by Gasteiger charge is -2.42. The highest BCUT2D eigenvalue weighted by Crippen LogP contribution is 2.47. The van der Waals surface area contributed by atoms with Gasteiger partial charge in [-0.15, -0.1) is 0 Å². The van der Waals surface area contributed by atoms with Crippen molar-refractivity contribution < 1.29 is 34.0 Å². The molecule has 1 saturated heterocycles. The van der Waals surface area contributed by atoms with Gasteiger partial charge in [0.25, 0.3) is 0 Å². The van der Waals surface area contributed by atoms with Crippen molar-refractivity contribution in [3.05, 3.63) is 41.5 Å². The molecule has 1 saturated carbocycles. The Morgan fingerprint density at radius 2 is 2.00 bits per heavy atom. The summed E-state index contributed by atoms with van der Waals surface area (Å²) in [5.41, 5.74) is 1.25. The Balaban J connectivity index is 1.43. The Hall–Kier alpha value is -2.46. The van der Waals surface area contributed by atoms with Gasteiger partial charge in [0.1, 0.15) is 24.6 Å². The number of rotatable bonds is 10. The molecule has 9 heteroatoms. The van der Waals surface area contributed by atoms with Crippen LogP contribution in [0, 0.1) is 17.8 Å². The molecule has 5 rings (SSSR count). The van der Waals surface area contributed by atoms with E-state index in [1.807, 2.05) is 24.3 Å². The summed E-state index contributed by atoms with van der Waals surface area (Å²) in [5, 5.41) is 23.8. The predicted octanol–water partition coefficient (Wildman–Crippen LogP) is 2.79. The summed E-state index contributed by atoms with van der Waals surface area (Å²) in [6.07, 6.45) is 4.72. The van der Waals surface area contributed by atoms with E-state index in [2.05, 4.69) is 26.1 Å². The Bertz CT molecular complexity index is 1100. The van der Waals surface area contributed by atoms with Crippen LogP contribution in [0.1, 0.15) is 64.4 Å². The lowest BCUT2D eigenvalue weighted by Crippen LogP contribution is -2.57. The van der Waals surface area contributed by atoms with Crippen molar-refractivity contribution in [3.8, 4) is 5.75 Å². The molecule has 0 radical (unpaired) electrons. The minimum atomic E-state index is -1.06. The number of aliphatic hydroxyl groups excluding tert-OH is 2. The second-order valence-corrected chi connectivity index (χ2v) is 12.5. The highest BCUT2D eigenvalue weighted by Gasteiger charge is 2.50. The molecule has 1 aromatic rings. The molecule has 0 bridgehead atoms. The Morgan fingerprint density at radius 1 is 1.20 bits per heavy atom. The summed E-state index contributed by atoms with van der Waals surface area (Å²) >= 11 is 0. The van der Waals surface area contributed by atoms with E-state index < -0.39 is 24.2 Å². The maximum atomic E-state index is 14.0. The largest absolute Gasteiger partial charge is 0.486 e. The second-order valence-electron chi connectivity index (χ2n) is 12.5. The lowest BCUT2D eigenvalue weighted by atomic mass is 9.75. The van der Waals surface area contributed by atoms with Crippen molar-refractivity contribution in [2.45, 2.75) is 89.3 Å². The fraction of sp³-hybridized carbons (Fsp3) is 0.688. The standard InChI is InChI=1S/C32H46N2O7/c1-19(2)22-11-10-20(3)15-27(22)40-18-28(36)34(17-21-7-6-14-39-21)25-16-24(32(38)33-12-13-35)29-23-8-4-5-9-26(23)41-31(29)30(25)37/h4-5,8-9,16,19-22,25,27,29-31,35,37H,6-7,10-15,17-18H2,1-3H3,(H,33,38)/t20-,21-,22+,25+,27-,29-,30-,31-/m0/s1. The van der Waals surface area contributed by atoms with Gasteiger partial charge in [-0.05, 0) is 55.6 Å². The zero-order valence-corrected chi connectivity index (χ0v) is 24.5. The van der Waals surface area contributed by atoms with Gasteiger partial charge in [0.2, 0.25) is 11.8 Å². The van der Waals surface area contributed by atoms with Gasteiger partial charge in [-0.25, -0.2) is 0 Å². The van der Waals surface area contributed by atoms with E-state index in [9.17, 15) is 19.8 Å². The number of ether oxygens (including phenoxy) is 3. The van der Waals surface area contributed by atoms with Crippen LogP contribution in [0.5, 0.6) is 5.75 Å². The number of carbonyl (C=O) groups excluding carboxylic acids is 2. The predicted molar refractivity (Wildman–Crippen MR) is 153 cm³/mol. The molecule has 2 heterocycles. The highest BCUT2D eigenvalue weighted by molar-refractivity contribution is 5.96. The molecule has 0 aromatic heterocycles. The van der Waals surface area contributed by atoms with E-state index in [0.29, 0.717) is 42.2 Å². The van der Waals surface area contributed by atoms with Gasteiger partial charge in [0.15, 0.2) is 0 Å². The van der Waals surface area contributed by atoms with Crippen molar-refractivity contribution in [2.24, 2.45) is 17.8 Å². The van der Waals surface area contributed by atoms with Crippen LogP contribution in [0.15, 0.2) is 35.9 Å². The summed E-state index contributed by atoms with van der Waals surface area (Å²) < 4.78 is 18.5. The first-order chi connectivity index (χ1) is 19.8. The van der Waals surface area contributed by atoms with Crippen LogP contribution in [-0.2, 0) is 19.1 Å². The highest BCUT2D eigenvalue weighted by atomic mass is 16.5. The number of benzene rings is 1. The third kappa shape index (κ3) is 6.48. The molecule has 0 unspecified atom stereocenters. The molecular weight excluding hydrogens is 524 g/mol. The number of hydrogen-bond donors (Lipinski definition) is 3. The second kappa shape index (κ2) is 13.2. The number of para-hydroxylation sites is 1. The topological polar surface area (TPSA) is 118 Å². The number of carbonyl (C=O) groups is 2. The van der Waals surface area contributed by atoms with Crippen molar-refractivity contribution in [2.75, 3.05) is 32.9 Å². The number of hydrogen-bond acceptors (Lipinski definition) is 7. The van der Waals surface area contributed by atoms with E-state index in [-0.39, 0.29) is 43.8 Å². The average molecular weight is 571 g/mol. The van der Waals surface area contributed by atoms with Crippen LogP contribution >= 0.6 is 0 Å². The van der Waals surface area contributed by atoms with Gasteiger partial charge in [-0.3, -0.25) is 9.59 Å². The number of nitrogens with one attached hydrogen (secondary N) is 1. The zero-order chi connectivity index (χ0) is 29.1. The molecule has 9 nitrogen and oxygen atoms in total. The zero-order valence-electron chi connectivity index (χ0n) is 24.5. The molecule has 41 heavy (non-hydrogen) atoms.